The maximum absolute atomic E-state index is 12.0. The molecule has 0 saturated heterocycles. The fraction of sp³-hybridized carbons (Fsp3) is 0.364. The van der Waals surface area contributed by atoms with Crippen LogP contribution in [0.15, 0.2) is 23.5 Å². The Labute approximate surface area is 109 Å². The first-order valence-electron chi connectivity index (χ1n) is 5.40. The fourth-order valence-corrected chi connectivity index (χ4v) is 1.84. The van der Waals surface area contributed by atoms with Gasteiger partial charge >= 0.3 is 0 Å². The third-order valence-electron chi connectivity index (χ3n) is 2.66. The van der Waals surface area contributed by atoms with E-state index in [0.717, 1.165) is 5.82 Å². The van der Waals surface area contributed by atoms with Gasteiger partial charge in [-0.2, -0.15) is 0 Å². The SMILES string of the molecule is COc1c(Cl)ncn(CCn2ccnc2C)c1=O. The van der Waals surface area contributed by atoms with Crippen molar-refractivity contribution < 1.29 is 4.74 Å². The molecule has 96 valence electrons. The summed E-state index contributed by atoms with van der Waals surface area (Å²) in [7, 11) is 1.40. The van der Waals surface area contributed by atoms with Crippen LogP contribution in [0.4, 0.5) is 0 Å². The molecule has 0 bridgehead atoms. The zero-order chi connectivity index (χ0) is 13.1. The highest BCUT2D eigenvalue weighted by Crippen LogP contribution is 2.14. The molecule has 0 fully saturated rings. The highest BCUT2D eigenvalue weighted by atomic mass is 35.5. The van der Waals surface area contributed by atoms with Crippen LogP contribution in [0.1, 0.15) is 5.82 Å². The van der Waals surface area contributed by atoms with Gasteiger partial charge in [0.25, 0.3) is 5.56 Å². The summed E-state index contributed by atoms with van der Waals surface area (Å²) in [5.74, 6) is 0.971. The molecule has 0 amide bonds. The van der Waals surface area contributed by atoms with Gasteiger partial charge in [-0.3, -0.25) is 9.36 Å². The molecule has 2 aromatic heterocycles. The molecule has 0 aliphatic heterocycles. The van der Waals surface area contributed by atoms with Crippen LogP contribution in [0.2, 0.25) is 5.15 Å². The van der Waals surface area contributed by atoms with E-state index in [-0.39, 0.29) is 16.5 Å². The first-order valence-corrected chi connectivity index (χ1v) is 5.78. The van der Waals surface area contributed by atoms with Crippen LogP contribution in [0.3, 0.4) is 0 Å². The van der Waals surface area contributed by atoms with E-state index in [2.05, 4.69) is 9.97 Å². The van der Waals surface area contributed by atoms with Gasteiger partial charge in [0, 0.05) is 25.5 Å². The van der Waals surface area contributed by atoms with Crippen LogP contribution >= 0.6 is 11.6 Å². The molecule has 7 heteroatoms. The van der Waals surface area contributed by atoms with Gasteiger partial charge < -0.3 is 9.30 Å². The molecule has 0 unspecified atom stereocenters. The van der Waals surface area contributed by atoms with Crippen LogP contribution in [-0.2, 0) is 13.1 Å². The average molecular weight is 269 g/mol. The van der Waals surface area contributed by atoms with Crippen molar-refractivity contribution in [2.24, 2.45) is 0 Å². The number of hydrogen-bond acceptors (Lipinski definition) is 4. The number of halogens is 1. The Balaban J connectivity index is 2.20. The van der Waals surface area contributed by atoms with Crippen LogP contribution in [0, 0.1) is 6.92 Å². The molecule has 0 radical (unpaired) electrons. The molecule has 0 saturated carbocycles. The molecule has 2 aromatic rings. The van der Waals surface area contributed by atoms with Gasteiger partial charge in [-0.05, 0) is 6.92 Å². The number of hydrogen-bond donors (Lipinski definition) is 0. The van der Waals surface area contributed by atoms with E-state index in [1.807, 2.05) is 17.7 Å². The second kappa shape index (κ2) is 5.22. The summed E-state index contributed by atoms with van der Waals surface area (Å²) in [6, 6.07) is 0. The average Bonchev–Trinajstić information content (AvgIpc) is 2.75. The highest BCUT2D eigenvalue weighted by Gasteiger charge is 2.10. The topological polar surface area (TPSA) is 61.9 Å². The Morgan fingerprint density at radius 3 is 2.67 bits per heavy atom. The van der Waals surface area contributed by atoms with Gasteiger partial charge in [0.2, 0.25) is 5.75 Å². The largest absolute Gasteiger partial charge is 0.489 e. The normalized spacial score (nSPS) is 10.6. The quantitative estimate of drug-likeness (QED) is 0.780. The van der Waals surface area contributed by atoms with E-state index in [1.165, 1.54) is 18.0 Å². The Kier molecular flexibility index (Phi) is 3.66. The smallest absolute Gasteiger partial charge is 0.297 e. The van der Waals surface area contributed by atoms with Crippen molar-refractivity contribution in [3.8, 4) is 5.75 Å². The minimum atomic E-state index is -0.282. The standard InChI is InChI=1S/C11H13ClN4O2/c1-8-13-3-4-15(8)5-6-16-7-14-10(12)9(18-2)11(16)17/h3-4,7H,5-6H2,1-2H3. The van der Waals surface area contributed by atoms with Crippen molar-refractivity contribution in [1.29, 1.82) is 0 Å². The number of rotatable bonds is 4. The fourth-order valence-electron chi connectivity index (χ4n) is 1.64. The minimum Gasteiger partial charge on any atom is -0.489 e. The Morgan fingerprint density at radius 2 is 2.06 bits per heavy atom. The van der Waals surface area contributed by atoms with E-state index in [9.17, 15) is 4.79 Å². The van der Waals surface area contributed by atoms with Crippen molar-refractivity contribution >= 4 is 11.6 Å². The summed E-state index contributed by atoms with van der Waals surface area (Å²) >= 11 is 5.76. The summed E-state index contributed by atoms with van der Waals surface area (Å²) < 4.78 is 8.34. The lowest BCUT2D eigenvalue weighted by molar-refractivity contribution is 0.397. The third-order valence-corrected chi connectivity index (χ3v) is 2.93. The molecule has 0 aromatic carbocycles. The molecular weight excluding hydrogens is 256 g/mol. The third kappa shape index (κ3) is 2.38. The van der Waals surface area contributed by atoms with Crippen molar-refractivity contribution in [1.82, 2.24) is 19.1 Å². The van der Waals surface area contributed by atoms with Crippen molar-refractivity contribution in [2.75, 3.05) is 7.11 Å². The van der Waals surface area contributed by atoms with Gasteiger partial charge in [0.05, 0.1) is 13.4 Å². The molecule has 6 nitrogen and oxygen atoms in total. The number of methoxy groups -OCH3 is 1. The first kappa shape index (κ1) is 12.6. The van der Waals surface area contributed by atoms with E-state index in [0.29, 0.717) is 13.1 Å². The molecular formula is C11H13ClN4O2. The van der Waals surface area contributed by atoms with Gasteiger partial charge in [-0.15, -0.1) is 0 Å². The number of aromatic nitrogens is 4. The number of ether oxygens (including phenoxy) is 1. The lowest BCUT2D eigenvalue weighted by Gasteiger charge is -2.09. The van der Waals surface area contributed by atoms with E-state index >= 15 is 0 Å². The lowest BCUT2D eigenvalue weighted by Crippen LogP contribution is -2.24. The van der Waals surface area contributed by atoms with Crippen molar-refractivity contribution in [3.05, 3.63) is 40.1 Å². The summed E-state index contributed by atoms with van der Waals surface area (Å²) in [4.78, 5) is 20.0. The highest BCUT2D eigenvalue weighted by molar-refractivity contribution is 6.30. The van der Waals surface area contributed by atoms with Crippen LogP contribution in [0.25, 0.3) is 0 Å². The number of nitrogens with zero attached hydrogens (tertiary/aromatic N) is 4. The predicted molar refractivity (Wildman–Crippen MR) is 67.0 cm³/mol. The summed E-state index contributed by atoms with van der Waals surface area (Å²) in [5.41, 5.74) is -0.282. The van der Waals surface area contributed by atoms with E-state index in [1.54, 1.807) is 6.20 Å². The second-order valence-electron chi connectivity index (χ2n) is 3.74. The van der Waals surface area contributed by atoms with E-state index < -0.39 is 0 Å². The Hall–Kier alpha value is -1.82. The van der Waals surface area contributed by atoms with Gasteiger partial charge in [0.15, 0.2) is 5.15 Å². The minimum absolute atomic E-state index is 0.0709. The Bertz CT molecular complexity index is 605. The van der Waals surface area contributed by atoms with E-state index in [4.69, 9.17) is 16.3 Å². The summed E-state index contributed by atoms with van der Waals surface area (Å²) in [6.07, 6.45) is 5.00. The van der Waals surface area contributed by atoms with Crippen LogP contribution in [0.5, 0.6) is 5.75 Å². The first-order chi connectivity index (χ1) is 8.63. The molecule has 2 heterocycles. The lowest BCUT2D eigenvalue weighted by atomic mass is 10.5. The summed E-state index contributed by atoms with van der Waals surface area (Å²) in [6.45, 7) is 3.03. The number of imidazole rings is 1. The second-order valence-corrected chi connectivity index (χ2v) is 4.09. The maximum atomic E-state index is 12.0. The monoisotopic (exact) mass is 268 g/mol. The van der Waals surface area contributed by atoms with Gasteiger partial charge in [-0.25, -0.2) is 9.97 Å². The molecule has 0 atom stereocenters. The predicted octanol–water partition coefficient (Wildman–Crippen LogP) is 1.11. The van der Waals surface area contributed by atoms with Crippen LogP contribution < -0.4 is 10.3 Å². The van der Waals surface area contributed by atoms with Crippen molar-refractivity contribution in [3.63, 3.8) is 0 Å². The van der Waals surface area contributed by atoms with Gasteiger partial charge in [-0.1, -0.05) is 11.6 Å². The van der Waals surface area contributed by atoms with Crippen LogP contribution in [-0.4, -0.2) is 26.2 Å². The zero-order valence-electron chi connectivity index (χ0n) is 10.1. The maximum Gasteiger partial charge on any atom is 0.297 e. The molecule has 0 spiro atoms. The molecule has 0 aliphatic carbocycles. The zero-order valence-corrected chi connectivity index (χ0v) is 10.9. The van der Waals surface area contributed by atoms with Crippen molar-refractivity contribution in [2.45, 2.75) is 20.0 Å². The summed E-state index contributed by atoms with van der Waals surface area (Å²) in [5, 5.41) is 0.0811. The molecule has 2 rings (SSSR count). The molecule has 0 aliphatic rings. The Morgan fingerprint density at radius 1 is 1.33 bits per heavy atom. The molecule has 18 heavy (non-hydrogen) atoms. The van der Waals surface area contributed by atoms with Gasteiger partial charge in [0.1, 0.15) is 5.82 Å². The number of aryl methyl sites for hydroxylation is 3. The molecule has 0 N–H and O–H groups in total.